The minimum absolute atomic E-state index is 0. The number of likely N-dealkylation sites (N-methyl/N-ethyl adjacent to an activating group) is 1. The van der Waals surface area contributed by atoms with E-state index in [9.17, 15) is 0 Å². The number of hydrogen-bond acceptors (Lipinski definition) is 2. The van der Waals surface area contributed by atoms with E-state index >= 15 is 0 Å². The van der Waals surface area contributed by atoms with Gasteiger partial charge in [-0.1, -0.05) is 30.3 Å². The molecule has 0 spiro atoms. The molecule has 0 aromatic heterocycles. The fourth-order valence-corrected chi connectivity index (χ4v) is 1.85. The number of piperazine rings is 1. The molecule has 1 aromatic rings. The molecule has 0 bridgehead atoms. The Kier molecular flexibility index (Phi) is 6.12. The quantitative estimate of drug-likeness (QED) is 0.688. The maximum absolute atomic E-state index is 3.42. The molecule has 0 aliphatic carbocycles. The Labute approximate surface area is 90.5 Å². The smallest absolute Gasteiger partial charge is 0.0470 e. The predicted molar refractivity (Wildman–Crippen MR) is 61.9 cm³/mol. The molecule has 4 nitrogen and oxygen atoms in total. The fourth-order valence-electron chi connectivity index (χ4n) is 1.85. The molecule has 1 aromatic carbocycles. The first-order valence-electron chi connectivity index (χ1n) is 4.84. The molecule has 1 atom stereocenters. The molecule has 1 fully saturated rings. The van der Waals surface area contributed by atoms with E-state index in [1.165, 1.54) is 5.56 Å². The first-order valence-corrected chi connectivity index (χ1v) is 4.84. The second-order valence-electron chi connectivity index (χ2n) is 3.61. The van der Waals surface area contributed by atoms with Gasteiger partial charge in [0.2, 0.25) is 0 Å². The average Bonchev–Trinajstić information content (AvgIpc) is 2.20. The molecule has 2 rings (SSSR count). The van der Waals surface area contributed by atoms with E-state index in [-0.39, 0.29) is 11.0 Å². The van der Waals surface area contributed by atoms with Crippen LogP contribution in [0, 0.1) is 0 Å². The molecule has 86 valence electrons. The summed E-state index contributed by atoms with van der Waals surface area (Å²) in [6.07, 6.45) is 0. The van der Waals surface area contributed by atoms with Crippen LogP contribution in [-0.4, -0.2) is 42.5 Å². The van der Waals surface area contributed by atoms with Gasteiger partial charge >= 0.3 is 0 Å². The maximum Gasteiger partial charge on any atom is 0.0470 e. The van der Waals surface area contributed by atoms with Gasteiger partial charge < -0.3 is 16.3 Å². The van der Waals surface area contributed by atoms with E-state index in [0.29, 0.717) is 6.04 Å². The summed E-state index contributed by atoms with van der Waals surface area (Å²) in [5.74, 6) is 0. The monoisotopic (exact) mass is 212 g/mol. The van der Waals surface area contributed by atoms with Crippen molar-refractivity contribution >= 4 is 0 Å². The highest BCUT2D eigenvalue weighted by atomic mass is 16.0. The lowest BCUT2D eigenvalue weighted by Crippen LogP contribution is -2.43. The van der Waals surface area contributed by atoms with Crippen LogP contribution in [-0.2, 0) is 0 Å². The molecule has 1 heterocycles. The van der Waals surface area contributed by atoms with Gasteiger partial charge in [-0.05, 0) is 12.6 Å². The summed E-state index contributed by atoms with van der Waals surface area (Å²) >= 11 is 0. The first-order chi connectivity index (χ1) is 6.38. The van der Waals surface area contributed by atoms with Gasteiger partial charge in [-0.15, -0.1) is 0 Å². The summed E-state index contributed by atoms with van der Waals surface area (Å²) in [7, 11) is 2.19. The summed E-state index contributed by atoms with van der Waals surface area (Å²) in [6.45, 7) is 3.32. The van der Waals surface area contributed by atoms with Crippen LogP contribution in [0.5, 0.6) is 0 Å². The highest BCUT2D eigenvalue weighted by molar-refractivity contribution is 5.19. The van der Waals surface area contributed by atoms with Crippen LogP contribution in [0.3, 0.4) is 0 Å². The van der Waals surface area contributed by atoms with Gasteiger partial charge in [0.15, 0.2) is 0 Å². The van der Waals surface area contributed by atoms with Crippen LogP contribution < -0.4 is 5.32 Å². The van der Waals surface area contributed by atoms with Gasteiger partial charge in [-0.25, -0.2) is 0 Å². The second-order valence-corrected chi connectivity index (χ2v) is 3.61. The van der Waals surface area contributed by atoms with Crippen molar-refractivity contribution in [1.82, 2.24) is 10.2 Å². The topological polar surface area (TPSA) is 78.3 Å². The maximum atomic E-state index is 3.42. The normalized spacial score (nSPS) is 21.3. The zero-order valence-electron chi connectivity index (χ0n) is 9.03. The average molecular weight is 212 g/mol. The van der Waals surface area contributed by atoms with E-state index < -0.39 is 0 Å². The van der Waals surface area contributed by atoms with Crippen molar-refractivity contribution in [3.8, 4) is 0 Å². The number of benzene rings is 1. The molecule has 0 amide bonds. The molecule has 1 unspecified atom stereocenters. The van der Waals surface area contributed by atoms with Crippen molar-refractivity contribution in [1.29, 1.82) is 0 Å². The first kappa shape index (κ1) is 14.1. The molecule has 4 heteroatoms. The Morgan fingerprint density at radius 2 is 1.87 bits per heavy atom. The minimum Gasteiger partial charge on any atom is -0.412 e. The van der Waals surface area contributed by atoms with Crippen molar-refractivity contribution in [3.63, 3.8) is 0 Å². The summed E-state index contributed by atoms with van der Waals surface area (Å²) in [5, 5.41) is 3.42. The number of hydrogen-bond donors (Lipinski definition) is 1. The molecule has 1 saturated heterocycles. The summed E-state index contributed by atoms with van der Waals surface area (Å²) < 4.78 is 0. The van der Waals surface area contributed by atoms with Crippen LogP contribution in [0.1, 0.15) is 11.6 Å². The van der Waals surface area contributed by atoms with Crippen molar-refractivity contribution in [3.05, 3.63) is 35.9 Å². The van der Waals surface area contributed by atoms with Gasteiger partial charge in [-0.2, -0.15) is 0 Å². The lowest BCUT2D eigenvalue weighted by atomic mass is 10.0. The van der Waals surface area contributed by atoms with Crippen LogP contribution >= 0.6 is 0 Å². The van der Waals surface area contributed by atoms with E-state index in [1.54, 1.807) is 0 Å². The zero-order chi connectivity index (χ0) is 9.10. The molecule has 1 aliphatic rings. The van der Waals surface area contributed by atoms with E-state index in [4.69, 9.17) is 0 Å². The number of nitrogens with one attached hydrogen (secondary N) is 1. The van der Waals surface area contributed by atoms with Gasteiger partial charge in [0.25, 0.3) is 0 Å². The molecule has 0 radical (unpaired) electrons. The van der Waals surface area contributed by atoms with Gasteiger partial charge in [-0.3, -0.25) is 4.90 Å². The fraction of sp³-hybridized carbons (Fsp3) is 0.455. The molecule has 1 aliphatic heterocycles. The summed E-state index contributed by atoms with van der Waals surface area (Å²) in [4.78, 5) is 2.41. The Hall–Kier alpha value is -0.940. The number of nitrogens with zero attached hydrogens (tertiary/aromatic N) is 1. The lowest BCUT2D eigenvalue weighted by molar-refractivity contribution is 0.202. The van der Waals surface area contributed by atoms with E-state index in [2.05, 4.69) is 47.6 Å². The largest absolute Gasteiger partial charge is 0.412 e. The van der Waals surface area contributed by atoms with Gasteiger partial charge in [0.1, 0.15) is 0 Å². The highest BCUT2D eigenvalue weighted by Gasteiger charge is 2.19. The van der Waals surface area contributed by atoms with Gasteiger partial charge in [0.05, 0.1) is 0 Å². The molecule has 15 heavy (non-hydrogen) atoms. The van der Waals surface area contributed by atoms with Crippen molar-refractivity contribution in [2.75, 3.05) is 26.7 Å². The third-order valence-electron chi connectivity index (χ3n) is 2.70. The summed E-state index contributed by atoms with van der Waals surface area (Å²) in [5.41, 5.74) is 1.41. The van der Waals surface area contributed by atoms with Crippen molar-refractivity contribution < 1.29 is 11.0 Å². The zero-order valence-corrected chi connectivity index (χ0v) is 9.03. The third kappa shape index (κ3) is 3.28. The van der Waals surface area contributed by atoms with Crippen LogP contribution in [0.4, 0.5) is 0 Å². The van der Waals surface area contributed by atoms with E-state index in [1.807, 2.05) is 0 Å². The van der Waals surface area contributed by atoms with Crippen LogP contribution in [0.25, 0.3) is 0 Å². The van der Waals surface area contributed by atoms with Crippen molar-refractivity contribution in [2.24, 2.45) is 0 Å². The Bertz CT molecular complexity index is 267. The molecular formula is C11H20N2O2. The standard InChI is InChI=1S/C11H16N2.2H2O/c1-13-8-7-12-9-11(13)10-5-3-2-4-6-10;;/h2-6,11-12H,7-9H2,1H3;2*1H2. The number of rotatable bonds is 1. The Morgan fingerprint density at radius 1 is 1.20 bits per heavy atom. The van der Waals surface area contributed by atoms with Crippen LogP contribution in [0.15, 0.2) is 30.3 Å². The van der Waals surface area contributed by atoms with E-state index in [0.717, 1.165) is 19.6 Å². The molecule has 5 N–H and O–H groups in total. The highest BCUT2D eigenvalue weighted by Crippen LogP contribution is 2.19. The Morgan fingerprint density at radius 3 is 2.47 bits per heavy atom. The predicted octanol–water partition coefficient (Wildman–Crippen LogP) is -0.387. The van der Waals surface area contributed by atoms with Gasteiger partial charge in [0, 0.05) is 25.7 Å². The SMILES string of the molecule is CN1CCNCC1c1ccccc1.O.O. The minimum atomic E-state index is 0. The summed E-state index contributed by atoms with van der Waals surface area (Å²) in [6, 6.07) is 11.2. The Balaban J connectivity index is 0.000000980. The van der Waals surface area contributed by atoms with Crippen molar-refractivity contribution in [2.45, 2.75) is 6.04 Å². The second kappa shape index (κ2) is 6.53. The molecular weight excluding hydrogens is 192 g/mol. The third-order valence-corrected chi connectivity index (χ3v) is 2.70. The molecule has 0 saturated carbocycles. The van der Waals surface area contributed by atoms with Crippen LogP contribution in [0.2, 0.25) is 0 Å². The lowest BCUT2D eigenvalue weighted by Gasteiger charge is -2.33.